The molecule has 0 saturated heterocycles. The summed E-state index contributed by atoms with van der Waals surface area (Å²) in [4.78, 5) is 24.8. The number of aryl methyl sites for hydroxylation is 2. The van der Waals surface area contributed by atoms with Crippen LogP contribution in [0.4, 0.5) is 0 Å². The predicted octanol–water partition coefficient (Wildman–Crippen LogP) is 2.07. The zero-order chi connectivity index (χ0) is 16.4. The summed E-state index contributed by atoms with van der Waals surface area (Å²) in [7, 11) is 1.96. The molecule has 0 unspecified atom stereocenters. The van der Waals surface area contributed by atoms with Crippen LogP contribution >= 0.6 is 0 Å². The first-order chi connectivity index (χ1) is 11.1. The van der Waals surface area contributed by atoms with Gasteiger partial charge in [0.2, 0.25) is 12.1 Å². The molecule has 5 nitrogen and oxygen atoms in total. The molecule has 2 aromatic rings. The normalized spacial score (nSPS) is 14.2. The van der Waals surface area contributed by atoms with Gasteiger partial charge in [-0.3, -0.25) is 9.59 Å². The lowest BCUT2D eigenvalue weighted by Crippen LogP contribution is -2.24. The molecular formula is C18H19N2O3+. The fraction of sp³-hybridized carbons (Fsp3) is 0.278. The number of aromatic nitrogens is 2. The van der Waals surface area contributed by atoms with Crippen LogP contribution < -0.4 is 4.57 Å². The summed E-state index contributed by atoms with van der Waals surface area (Å²) in [5.74, 6) is -0.149. The Hall–Kier alpha value is -2.69. The van der Waals surface area contributed by atoms with E-state index in [1.165, 1.54) is 0 Å². The van der Waals surface area contributed by atoms with Gasteiger partial charge in [0.15, 0.2) is 11.5 Å². The summed E-state index contributed by atoms with van der Waals surface area (Å²) in [5.41, 5.74) is 1.28. The van der Waals surface area contributed by atoms with Crippen molar-refractivity contribution < 1.29 is 18.9 Å². The van der Waals surface area contributed by atoms with E-state index in [4.69, 9.17) is 4.74 Å². The molecule has 0 fully saturated rings. The van der Waals surface area contributed by atoms with Crippen LogP contribution in [0, 0.1) is 0 Å². The van der Waals surface area contributed by atoms with Crippen LogP contribution in [0.25, 0.3) is 0 Å². The smallest absolute Gasteiger partial charge is 0.243 e. The summed E-state index contributed by atoms with van der Waals surface area (Å²) in [5, 5.41) is 0. The highest BCUT2D eigenvalue weighted by Crippen LogP contribution is 2.26. The van der Waals surface area contributed by atoms with Crippen molar-refractivity contribution >= 4 is 11.6 Å². The topological polar surface area (TPSA) is 52.2 Å². The van der Waals surface area contributed by atoms with E-state index in [0.29, 0.717) is 23.3 Å². The molecule has 0 bridgehead atoms. The molecule has 0 radical (unpaired) electrons. The Morgan fingerprint density at radius 2 is 1.83 bits per heavy atom. The highest BCUT2D eigenvalue weighted by Gasteiger charge is 2.30. The van der Waals surface area contributed by atoms with Crippen molar-refractivity contribution in [2.75, 3.05) is 6.61 Å². The Bertz CT molecular complexity index is 802. The van der Waals surface area contributed by atoms with Gasteiger partial charge in [-0.25, -0.2) is 9.13 Å². The molecule has 0 amide bonds. The number of ether oxygens (including phenoxy) is 1. The van der Waals surface area contributed by atoms with Crippen LogP contribution in [0.1, 0.15) is 34.1 Å². The van der Waals surface area contributed by atoms with Crippen LogP contribution in [0.5, 0.6) is 0 Å². The lowest BCUT2D eigenvalue weighted by atomic mass is 9.89. The fourth-order valence-electron chi connectivity index (χ4n) is 2.71. The van der Waals surface area contributed by atoms with Crippen molar-refractivity contribution in [1.29, 1.82) is 0 Å². The highest BCUT2D eigenvalue weighted by molar-refractivity contribution is 6.25. The molecule has 0 aliphatic heterocycles. The zero-order valence-electron chi connectivity index (χ0n) is 13.3. The molecular weight excluding hydrogens is 292 g/mol. The molecule has 5 heteroatoms. The number of carbonyl (C=O) groups excluding carboxylic acids is 2. The lowest BCUT2D eigenvalue weighted by molar-refractivity contribution is -0.671. The van der Waals surface area contributed by atoms with E-state index in [9.17, 15) is 9.59 Å². The van der Waals surface area contributed by atoms with Gasteiger partial charge in [0.05, 0.1) is 20.2 Å². The maximum absolute atomic E-state index is 12.5. The van der Waals surface area contributed by atoms with Gasteiger partial charge in [-0.15, -0.1) is 0 Å². The van der Waals surface area contributed by atoms with Gasteiger partial charge in [-0.2, -0.15) is 0 Å². The minimum Gasteiger partial charge on any atom is -0.489 e. The molecule has 1 aliphatic carbocycles. The van der Waals surface area contributed by atoms with E-state index < -0.39 is 0 Å². The van der Waals surface area contributed by atoms with Crippen LogP contribution in [0.15, 0.2) is 54.3 Å². The van der Waals surface area contributed by atoms with Gasteiger partial charge in [0.1, 0.15) is 12.4 Å². The summed E-state index contributed by atoms with van der Waals surface area (Å²) in [6, 6.07) is 6.88. The molecule has 23 heavy (non-hydrogen) atoms. The van der Waals surface area contributed by atoms with Crippen molar-refractivity contribution in [1.82, 2.24) is 4.57 Å². The number of ketones is 2. The molecule has 0 N–H and O–H groups in total. The molecule has 118 valence electrons. The third-order valence-electron chi connectivity index (χ3n) is 3.93. The van der Waals surface area contributed by atoms with Crippen molar-refractivity contribution in [2.45, 2.75) is 19.9 Å². The van der Waals surface area contributed by atoms with Gasteiger partial charge in [-0.05, 0) is 6.92 Å². The van der Waals surface area contributed by atoms with Crippen molar-refractivity contribution in [3.05, 3.63) is 65.4 Å². The first-order valence-corrected chi connectivity index (χ1v) is 7.61. The van der Waals surface area contributed by atoms with Crippen LogP contribution in [-0.4, -0.2) is 22.7 Å². The van der Waals surface area contributed by atoms with Gasteiger partial charge >= 0.3 is 0 Å². The number of rotatable bonds is 5. The Morgan fingerprint density at radius 3 is 2.48 bits per heavy atom. The van der Waals surface area contributed by atoms with Crippen molar-refractivity contribution in [3.8, 4) is 0 Å². The quantitative estimate of drug-likeness (QED) is 0.627. The lowest BCUT2D eigenvalue weighted by Gasteiger charge is -2.19. The Morgan fingerprint density at radius 1 is 1.13 bits per heavy atom. The van der Waals surface area contributed by atoms with Crippen LogP contribution in [0.2, 0.25) is 0 Å². The average Bonchev–Trinajstić information content (AvgIpc) is 2.97. The standard InChI is InChI=1S/C18H19N2O3/c1-13-16(21)14-6-3-4-7-15(14)17(22)18(13)23-11-5-8-20-10-9-19(2)12-20/h3-4,6-7,9-10,12H,5,8,11H2,1-2H3/q+1. The SMILES string of the molecule is CC1=C(OCCCn2cc[n+](C)c2)C(=O)c2ccccc2C1=O. The first kappa shape index (κ1) is 15.2. The molecule has 1 aromatic carbocycles. The fourth-order valence-corrected chi connectivity index (χ4v) is 2.71. The van der Waals surface area contributed by atoms with Crippen LogP contribution in [-0.2, 0) is 18.3 Å². The van der Waals surface area contributed by atoms with E-state index >= 15 is 0 Å². The van der Waals surface area contributed by atoms with Gasteiger partial charge in [-0.1, -0.05) is 24.3 Å². The summed E-state index contributed by atoms with van der Waals surface area (Å²) in [6.45, 7) is 2.85. The van der Waals surface area contributed by atoms with Crippen molar-refractivity contribution in [3.63, 3.8) is 0 Å². The number of imidazole rings is 1. The molecule has 0 saturated carbocycles. The Balaban J connectivity index is 1.66. The largest absolute Gasteiger partial charge is 0.489 e. The second kappa shape index (κ2) is 6.20. The van der Waals surface area contributed by atoms with E-state index in [0.717, 1.165) is 13.0 Å². The first-order valence-electron chi connectivity index (χ1n) is 7.61. The molecule has 1 aliphatic rings. The summed E-state index contributed by atoms with van der Waals surface area (Å²) < 4.78 is 9.67. The minimum atomic E-state index is -0.204. The monoisotopic (exact) mass is 311 g/mol. The molecule has 3 rings (SSSR count). The maximum atomic E-state index is 12.5. The van der Waals surface area contributed by atoms with E-state index in [-0.39, 0.29) is 17.3 Å². The minimum absolute atomic E-state index is 0.132. The van der Waals surface area contributed by atoms with Crippen LogP contribution in [0.3, 0.4) is 0 Å². The number of hydrogen-bond acceptors (Lipinski definition) is 3. The number of Topliss-reactive ketones (excluding diaryl/α,β-unsaturated/α-hetero) is 2. The molecule has 1 heterocycles. The van der Waals surface area contributed by atoms with E-state index in [2.05, 4.69) is 0 Å². The summed E-state index contributed by atoms with van der Waals surface area (Å²) in [6.07, 6.45) is 6.69. The number of fused-ring (bicyclic) bond motifs is 1. The van der Waals surface area contributed by atoms with Gasteiger partial charge in [0, 0.05) is 23.1 Å². The highest BCUT2D eigenvalue weighted by atomic mass is 16.5. The van der Waals surface area contributed by atoms with E-state index in [1.807, 2.05) is 34.9 Å². The number of hydrogen-bond donors (Lipinski definition) is 0. The second-order valence-corrected chi connectivity index (χ2v) is 5.68. The second-order valence-electron chi connectivity index (χ2n) is 5.68. The maximum Gasteiger partial charge on any atom is 0.243 e. The Kier molecular flexibility index (Phi) is 4.10. The van der Waals surface area contributed by atoms with Crippen molar-refractivity contribution in [2.24, 2.45) is 7.05 Å². The van der Waals surface area contributed by atoms with Gasteiger partial charge in [0.25, 0.3) is 0 Å². The zero-order valence-corrected chi connectivity index (χ0v) is 13.3. The summed E-state index contributed by atoms with van der Waals surface area (Å²) >= 11 is 0. The molecule has 0 spiro atoms. The molecule has 1 aromatic heterocycles. The Labute approximate surface area is 134 Å². The van der Waals surface area contributed by atoms with E-state index in [1.54, 1.807) is 31.2 Å². The number of allylic oxidation sites excluding steroid dienone is 2. The van der Waals surface area contributed by atoms with Gasteiger partial charge < -0.3 is 4.74 Å². The number of benzene rings is 1. The number of nitrogens with zero attached hydrogens (tertiary/aromatic N) is 2. The predicted molar refractivity (Wildman–Crippen MR) is 84.0 cm³/mol. The number of carbonyl (C=O) groups is 2. The third kappa shape index (κ3) is 2.95. The average molecular weight is 311 g/mol. The molecule has 0 atom stereocenters. The third-order valence-corrected chi connectivity index (χ3v) is 3.93.